The van der Waals surface area contributed by atoms with E-state index in [0.29, 0.717) is 11.5 Å². The topological polar surface area (TPSA) is 81.1 Å². The molecule has 0 atom stereocenters. The molecule has 0 spiro atoms. The van der Waals surface area contributed by atoms with E-state index in [4.69, 9.17) is 4.74 Å². The molecule has 0 bridgehead atoms. The van der Waals surface area contributed by atoms with E-state index in [1.807, 2.05) is 6.92 Å². The van der Waals surface area contributed by atoms with Gasteiger partial charge < -0.3 is 15.0 Å². The molecule has 1 aromatic carbocycles. The van der Waals surface area contributed by atoms with Gasteiger partial charge in [0.15, 0.2) is 5.84 Å². The molecule has 2 aromatic rings. The molecule has 156 valence electrons. The van der Waals surface area contributed by atoms with Crippen molar-refractivity contribution in [3.63, 3.8) is 0 Å². The van der Waals surface area contributed by atoms with Crippen molar-refractivity contribution in [1.29, 1.82) is 0 Å². The highest BCUT2D eigenvalue weighted by Gasteiger charge is 2.24. The normalized spacial score (nSPS) is 17.3. The summed E-state index contributed by atoms with van der Waals surface area (Å²) in [5.74, 6) is 0.657. The minimum atomic E-state index is 0.657. The Hall–Kier alpha value is -3.39. The summed E-state index contributed by atoms with van der Waals surface area (Å²) < 4.78 is 5.43. The number of morpholine rings is 1. The molecular formula is C22H27N7O. The van der Waals surface area contributed by atoms with Crippen molar-refractivity contribution in [3.8, 4) is 0 Å². The van der Waals surface area contributed by atoms with Crippen molar-refractivity contribution in [1.82, 2.24) is 15.2 Å². The quantitative estimate of drug-likeness (QED) is 0.745. The van der Waals surface area contributed by atoms with Crippen LogP contribution in [0.1, 0.15) is 25.1 Å². The fraction of sp³-hybridized carbons (Fsp3) is 0.318. The summed E-state index contributed by atoms with van der Waals surface area (Å²) in [5, 5.41) is 16.9. The molecule has 8 heteroatoms. The van der Waals surface area contributed by atoms with Gasteiger partial charge in [0, 0.05) is 41.9 Å². The largest absolute Gasteiger partial charge is 0.378 e. The molecule has 2 N–H and O–H groups in total. The highest BCUT2D eigenvalue weighted by atomic mass is 16.5. The zero-order valence-corrected chi connectivity index (χ0v) is 17.4. The van der Waals surface area contributed by atoms with Crippen LogP contribution in [0.15, 0.2) is 59.0 Å². The second kappa shape index (κ2) is 8.96. The van der Waals surface area contributed by atoms with Crippen LogP contribution in [0, 0.1) is 0 Å². The van der Waals surface area contributed by atoms with Crippen molar-refractivity contribution in [3.05, 3.63) is 60.2 Å². The molecule has 30 heavy (non-hydrogen) atoms. The Morgan fingerprint density at radius 2 is 2.03 bits per heavy atom. The SMILES string of the molecule is C=C1C(Nc2ccc(N3CCOCC3)cc2)=NC=C(c2cn[nH]c2CC)N1/N=C\C. The lowest BCUT2D eigenvalue weighted by Gasteiger charge is -2.29. The van der Waals surface area contributed by atoms with Crippen LogP contribution < -0.4 is 10.2 Å². The van der Waals surface area contributed by atoms with Crippen molar-refractivity contribution < 1.29 is 4.74 Å². The van der Waals surface area contributed by atoms with Gasteiger partial charge in [-0.1, -0.05) is 13.5 Å². The molecule has 8 nitrogen and oxygen atoms in total. The molecule has 1 saturated heterocycles. The number of nitrogens with zero attached hydrogens (tertiary/aromatic N) is 5. The number of nitrogens with one attached hydrogen (secondary N) is 2. The second-order valence-corrected chi connectivity index (χ2v) is 7.01. The Labute approximate surface area is 176 Å². The van der Waals surface area contributed by atoms with E-state index in [-0.39, 0.29) is 0 Å². The highest BCUT2D eigenvalue weighted by molar-refractivity contribution is 6.09. The van der Waals surface area contributed by atoms with Gasteiger partial charge >= 0.3 is 0 Å². The monoisotopic (exact) mass is 405 g/mol. The fourth-order valence-corrected chi connectivity index (χ4v) is 3.55. The average Bonchev–Trinajstić information content (AvgIpc) is 3.26. The molecule has 0 amide bonds. The summed E-state index contributed by atoms with van der Waals surface area (Å²) in [4.78, 5) is 6.95. The third kappa shape index (κ3) is 3.99. The van der Waals surface area contributed by atoms with E-state index < -0.39 is 0 Å². The maximum absolute atomic E-state index is 5.43. The van der Waals surface area contributed by atoms with Gasteiger partial charge in [-0.05, 0) is 37.6 Å². The van der Waals surface area contributed by atoms with Gasteiger partial charge in [0.2, 0.25) is 0 Å². The van der Waals surface area contributed by atoms with Crippen LogP contribution in [0.25, 0.3) is 5.70 Å². The van der Waals surface area contributed by atoms with Crippen LogP contribution in [-0.4, -0.2) is 53.6 Å². The first-order chi connectivity index (χ1) is 14.7. The fourth-order valence-electron chi connectivity index (χ4n) is 3.55. The highest BCUT2D eigenvalue weighted by Crippen LogP contribution is 2.30. The Kier molecular flexibility index (Phi) is 5.94. The summed E-state index contributed by atoms with van der Waals surface area (Å²) in [7, 11) is 0. The van der Waals surface area contributed by atoms with E-state index in [9.17, 15) is 0 Å². The number of aromatic nitrogens is 2. The average molecular weight is 406 g/mol. The van der Waals surface area contributed by atoms with Crippen molar-refractivity contribution >= 4 is 29.1 Å². The van der Waals surface area contributed by atoms with Crippen molar-refractivity contribution in [2.75, 3.05) is 36.5 Å². The number of anilines is 2. The molecule has 1 aromatic heterocycles. The van der Waals surface area contributed by atoms with E-state index >= 15 is 0 Å². The molecule has 3 heterocycles. The minimum Gasteiger partial charge on any atom is -0.378 e. The number of H-pyrrole nitrogens is 1. The Bertz CT molecular complexity index is 981. The third-order valence-electron chi connectivity index (χ3n) is 5.16. The number of benzene rings is 1. The standard InChI is InChI=1S/C22H27N7O/c1-4-20-19(14-24-27-20)21-15-23-22(16(3)29(21)25-5-2)26-17-6-8-18(9-7-17)28-10-12-30-13-11-28/h5-9,14-15H,3-4,10-13H2,1-2H3,(H,23,26)(H,24,27)/b25-5-. The van der Waals surface area contributed by atoms with Gasteiger partial charge in [0.05, 0.1) is 31.3 Å². The molecule has 4 rings (SSSR count). The number of aromatic amines is 1. The van der Waals surface area contributed by atoms with Crippen LogP contribution in [0.5, 0.6) is 0 Å². The summed E-state index contributed by atoms with van der Waals surface area (Å²) in [6.07, 6.45) is 6.18. The van der Waals surface area contributed by atoms with E-state index in [0.717, 1.165) is 55.4 Å². The number of hydrogen-bond acceptors (Lipinski definition) is 7. The number of hydrogen-bond donors (Lipinski definition) is 2. The summed E-state index contributed by atoms with van der Waals surface area (Å²) in [6, 6.07) is 8.33. The predicted octanol–water partition coefficient (Wildman–Crippen LogP) is 3.45. The lowest BCUT2D eigenvalue weighted by Crippen LogP contribution is -2.36. The lowest BCUT2D eigenvalue weighted by atomic mass is 10.1. The minimum absolute atomic E-state index is 0.657. The Morgan fingerprint density at radius 3 is 2.73 bits per heavy atom. The zero-order valence-electron chi connectivity index (χ0n) is 17.4. The van der Waals surface area contributed by atoms with E-state index in [2.05, 4.69) is 68.3 Å². The number of hydrazone groups is 1. The maximum atomic E-state index is 5.43. The van der Waals surface area contributed by atoms with Crippen LogP contribution >= 0.6 is 0 Å². The Morgan fingerprint density at radius 1 is 1.27 bits per heavy atom. The molecule has 0 saturated carbocycles. The molecule has 0 radical (unpaired) electrons. The molecular weight excluding hydrogens is 378 g/mol. The molecule has 2 aliphatic rings. The molecule has 0 unspecified atom stereocenters. The number of ether oxygens (including phenoxy) is 1. The number of amidine groups is 1. The van der Waals surface area contributed by atoms with Crippen LogP contribution in [0.4, 0.5) is 11.4 Å². The maximum Gasteiger partial charge on any atom is 0.155 e. The predicted molar refractivity (Wildman–Crippen MR) is 122 cm³/mol. The zero-order chi connectivity index (χ0) is 20.9. The van der Waals surface area contributed by atoms with E-state index in [1.54, 1.807) is 23.6 Å². The Balaban J connectivity index is 1.56. The molecule has 2 aliphatic heterocycles. The molecule has 1 fully saturated rings. The van der Waals surface area contributed by atoms with Crippen LogP contribution in [0.3, 0.4) is 0 Å². The third-order valence-corrected chi connectivity index (χ3v) is 5.16. The summed E-state index contributed by atoms with van der Waals surface area (Å²) in [6.45, 7) is 11.6. The number of aliphatic imine (C=N–C) groups is 1. The van der Waals surface area contributed by atoms with Gasteiger partial charge in [-0.25, -0.2) is 10.0 Å². The smallest absolute Gasteiger partial charge is 0.155 e. The number of rotatable bonds is 5. The summed E-state index contributed by atoms with van der Waals surface area (Å²) >= 11 is 0. The first-order valence-electron chi connectivity index (χ1n) is 10.2. The van der Waals surface area contributed by atoms with Crippen molar-refractivity contribution in [2.45, 2.75) is 20.3 Å². The summed E-state index contributed by atoms with van der Waals surface area (Å²) in [5.41, 5.74) is 5.67. The van der Waals surface area contributed by atoms with Gasteiger partial charge in [0.1, 0.15) is 5.70 Å². The first-order valence-corrected chi connectivity index (χ1v) is 10.2. The van der Waals surface area contributed by atoms with Gasteiger partial charge in [-0.2, -0.15) is 10.2 Å². The van der Waals surface area contributed by atoms with Crippen LogP contribution in [0.2, 0.25) is 0 Å². The van der Waals surface area contributed by atoms with Crippen molar-refractivity contribution in [2.24, 2.45) is 10.1 Å². The van der Waals surface area contributed by atoms with Gasteiger partial charge in [-0.15, -0.1) is 0 Å². The lowest BCUT2D eigenvalue weighted by molar-refractivity contribution is 0.122. The van der Waals surface area contributed by atoms with E-state index in [1.165, 1.54) is 5.69 Å². The van der Waals surface area contributed by atoms with Gasteiger partial charge in [-0.3, -0.25) is 5.10 Å². The first kappa shape index (κ1) is 19.9. The van der Waals surface area contributed by atoms with Crippen LogP contribution in [-0.2, 0) is 11.2 Å². The molecule has 0 aliphatic carbocycles. The number of aryl methyl sites for hydroxylation is 1. The van der Waals surface area contributed by atoms with Gasteiger partial charge in [0.25, 0.3) is 0 Å². The second-order valence-electron chi connectivity index (χ2n) is 7.01.